The minimum Gasteiger partial charge on any atom is -0.368 e. The lowest BCUT2D eigenvalue weighted by molar-refractivity contribution is -0.122. The van der Waals surface area contributed by atoms with Crippen molar-refractivity contribution in [3.05, 3.63) is 0 Å². The fourth-order valence-corrected chi connectivity index (χ4v) is 1.94. The molecule has 1 aliphatic heterocycles. The number of primary amides is 1. The van der Waals surface area contributed by atoms with Crippen molar-refractivity contribution < 1.29 is 4.79 Å². The number of nitrogens with two attached hydrogens (primary N) is 1. The number of carbonyl (C=O) groups is 1. The Morgan fingerprint density at radius 2 is 2.33 bits per heavy atom. The Morgan fingerprint density at radius 3 is 2.87 bits per heavy atom. The molecule has 4 nitrogen and oxygen atoms in total. The molecule has 1 fully saturated rings. The molecule has 3 N–H and O–H groups in total. The highest BCUT2D eigenvalue weighted by Crippen LogP contribution is 2.10. The predicted molar refractivity (Wildman–Crippen MR) is 61.5 cm³/mol. The minimum atomic E-state index is -0.242. The van der Waals surface area contributed by atoms with Crippen molar-refractivity contribution in [1.82, 2.24) is 10.2 Å². The fourth-order valence-electron chi connectivity index (χ4n) is 1.94. The summed E-state index contributed by atoms with van der Waals surface area (Å²) in [7, 11) is 1.96. The van der Waals surface area contributed by atoms with Crippen LogP contribution >= 0.6 is 0 Å². The summed E-state index contributed by atoms with van der Waals surface area (Å²) in [6, 6.07) is 0.467. The molecular weight excluding hydrogens is 190 g/mol. The number of rotatable bonds is 5. The number of nitrogens with one attached hydrogen (secondary N) is 1. The molecule has 0 bridgehead atoms. The van der Waals surface area contributed by atoms with Gasteiger partial charge in [-0.05, 0) is 39.8 Å². The van der Waals surface area contributed by atoms with Crippen molar-refractivity contribution in [2.45, 2.75) is 44.7 Å². The third-order valence-electron chi connectivity index (χ3n) is 3.32. The summed E-state index contributed by atoms with van der Waals surface area (Å²) in [5.74, 6) is -0.242. The van der Waals surface area contributed by atoms with Gasteiger partial charge in [0.25, 0.3) is 0 Å². The average Bonchev–Trinajstić information content (AvgIpc) is 2.26. The number of likely N-dealkylation sites (N-methyl/N-ethyl adjacent to an activating group) is 1. The van der Waals surface area contributed by atoms with E-state index in [9.17, 15) is 4.79 Å². The summed E-state index contributed by atoms with van der Waals surface area (Å²) >= 11 is 0. The average molecular weight is 213 g/mol. The van der Waals surface area contributed by atoms with Gasteiger partial charge in [0.05, 0.1) is 6.04 Å². The quantitative estimate of drug-likeness (QED) is 0.691. The summed E-state index contributed by atoms with van der Waals surface area (Å²) in [5.41, 5.74) is 5.25. The summed E-state index contributed by atoms with van der Waals surface area (Å²) in [6.07, 6.45) is 4.99. The van der Waals surface area contributed by atoms with Crippen LogP contribution in [-0.2, 0) is 4.79 Å². The van der Waals surface area contributed by atoms with Gasteiger partial charge in [-0.15, -0.1) is 0 Å². The molecule has 1 heterocycles. The SMILES string of the molecule is CC(C(N)=O)N(C)CCC1CCCCN1. The van der Waals surface area contributed by atoms with E-state index in [4.69, 9.17) is 5.73 Å². The molecule has 0 aromatic heterocycles. The maximum atomic E-state index is 11.0. The molecular formula is C11H23N3O. The zero-order valence-corrected chi connectivity index (χ0v) is 9.83. The number of nitrogens with zero attached hydrogens (tertiary/aromatic N) is 1. The van der Waals surface area contributed by atoms with Gasteiger partial charge >= 0.3 is 0 Å². The van der Waals surface area contributed by atoms with Crippen LogP contribution in [0.15, 0.2) is 0 Å². The number of piperidine rings is 1. The third kappa shape index (κ3) is 4.18. The molecule has 15 heavy (non-hydrogen) atoms. The zero-order valence-electron chi connectivity index (χ0n) is 9.83. The van der Waals surface area contributed by atoms with Crippen molar-refractivity contribution in [3.63, 3.8) is 0 Å². The van der Waals surface area contributed by atoms with Gasteiger partial charge in [-0.25, -0.2) is 0 Å². The second-order valence-corrected chi connectivity index (χ2v) is 4.49. The normalized spacial score (nSPS) is 24.1. The lowest BCUT2D eigenvalue weighted by Crippen LogP contribution is -2.43. The summed E-state index contributed by atoms with van der Waals surface area (Å²) in [4.78, 5) is 13.0. The smallest absolute Gasteiger partial charge is 0.234 e. The van der Waals surface area contributed by atoms with Crippen LogP contribution in [-0.4, -0.2) is 43.0 Å². The summed E-state index contributed by atoms with van der Waals surface area (Å²) < 4.78 is 0. The molecule has 2 unspecified atom stereocenters. The first-order valence-electron chi connectivity index (χ1n) is 5.84. The third-order valence-corrected chi connectivity index (χ3v) is 3.32. The molecule has 1 aliphatic rings. The van der Waals surface area contributed by atoms with Crippen molar-refractivity contribution in [2.75, 3.05) is 20.1 Å². The van der Waals surface area contributed by atoms with E-state index < -0.39 is 0 Å². The van der Waals surface area contributed by atoms with Gasteiger partial charge < -0.3 is 11.1 Å². The van der Waals surface area contributed by atoms with E-state index in [-0.39, 0.29) is 11.9 Å². The molecule has 2 atom stereocenters. The van der Waals surface area contributed by atoms with Crippen molar-refractivity contribution >= 4 is 5.91 Å². The first-order valence-corrected chi connectivity index (χ1v) is 5.84. The maximum Gasteiger partial charge on any atom is 0.234 e. The standard InChI is InChI=1S/C11H23N3O/c1-9(11(12)15)14(2)8-6-10-5-3-4-7-13-10/h9-10,13H,3-8H2,1-2H3,(H2,12,15). The van der Waals surface area contributed by atoms with Crippen LogP contribution < -0.4 is 11.1 Å². The van der Waals surface area contributed by atoms with Gasteiger partial charge in [0.1, 0.15) is 0 Å². The zero-order chi connectivity index (χ0) is 11.3. The van der Waals surface area contributed by atoms with E-state index in [1.54, 1.807) is 0 Å². The van der Waals surface area contributed by atoms with Crippen molar-refractivity contribution in [3.8, 4) is 0 Å². The molecule has 1 rings (SSSR count). The van der Waals surface area contributed by atoms with Crippen LogP contribution in [0.5, 0.6) is 0 Å². The number of hydrogen-bond donors (Lipinski definition) is 2. The Morgan fingerprint density at radius 1 is 1.60 bits per heavy atom. The Balaban J connectivity index is 2.20. The molecule has 1 saturated heterocycles. The molecule has 0 aromatic rings. The van der Waals surface area contributed by atoms with Gasteiger partial charge in [-0.1, -0.05) is 6.42 Å². The summed E-state index contributed by atoms with van der Waals surface area (Å²) in [6.45, 7) is 3.93. The minimum absolute atomic E-state index is 0.159. The van der Waals surface area contributed by atoms with Crippen molar-refractivity contribution in [2.24, 2.45) is 5.73 Å². The monoisotopic (exact) mass is 213 g/mol. The molecule has 4 heteroatoms. The Hall–Kier alpha value is -0.610. The van der Waals surface area contributed by atoms with Gasteiger partial charge in [-0.3, -0.25) is 9.69 Å². The van der Waals surface area contributed by atoms with E-state index in [1.165, 1.54) is 19.3 Å². The number of hydrogen-bond acceptors (Lipinski definition) is 3. The van der Waals surface area contributed by atoms with E-state index >= 15 is 0 Å². The Kier molecular flexibility index (Phi) is 5.05. The van der Waals surface area contributed by atoms with Gasteiger partial charge in [0, 0.05) is 12.6 Å². The predicted octanol–water partition coefficient (Wildman–Crippen LogP) is 0.324. The lowest BCUT2D eigenvalue weighted by atomic mass is 10.0. The van der Waals surface area contributed by atoms with Crippen LogP contribution in [0.25, 0.3) is 0 Å². The van der Waals surface area contributed by atoms with Crippen LogP contribution in [0, 0.1) is 0 Å². The van der Waals surface area contributed by atoms with Crippen LogP contribution in [0.1, 0.15) is 32.6 Å². The highest BCUT2D eigenvalue weighted by atomic mass is 16.1. The topological polar surface area (TPSA) is 58.4 Å². The van der Waals surface area contributed by atoms with E-state index in [0.29, 0.717) is 6.04 Å². The molecule has 88 valence electrons. The number of carbonyl (C=O) groups excluding carboxylic acids is 1. The van der Waals surface area contributed by atoms with Crippen molar-refractivity contribution in [1.29, 1.82) is 0 Å². The maximum absolute atomic E-state index is 11.0. The van der Waals surface area contributed by atoms with E-state index in [2.05, 4.69) is 5.32 Å². The van der Waals surface area contributed by atoms with Gasteiger partial charge in [-0.2, -0.15) is 0 Å². The summed E-state index contributed by atoms with van der Waals surface area (Å²) in [5, 5.41) is 3.50. The molecule has 0 aliphatic carbocycles. The highest BCUT2D eigenvalue weighted by molar-refractivity contribution is 5.79. The van der Waals surface area contributed by atoms with Crippen LogP contribution in [0.2, 0.25) is 0 Å². The lowest BCUT2D eigenvalue weighted by Gasteiger charge is -2.27. The van der Waals surface area contributed by atoms with E-state index in [1.807, 2.05) is 18.9 Å². The molecule has 0 saturated carbocycles. The van der Waals surface area contributed by atoms with Gasteiger partial charge in [0.15, 0.2) is 0 Å². The van der Waals surface area contributed by atoms with E-state index in [0.717, 1.165) is 19.5 Å². The van der Waals surface area contributed by atoms with Crippen LogP contribution in [0.3, 0.4) is 0 Å². The largest absolute Gasteiger partial charge is 0.368 e. The molecule has 0 spiro atoms. The second-order valence-electron chi connectivity index (χ2n) is 4.49. The number of amides is 1. The highest BCUT2D eigenvalue weighted by Gasteiger charge is 2.17. The second kappa shape index (κ2) is 6.08. The molecule has 0 aromatic carbocycles. The van der Waals surface area contributed by atoms with Crippen LogP contribution in [0.4, 0.5) is 0 Å². The first-order chi connectivity index (χ1) is 7.11. The van der Waals surface area contributed by atoms with Gasteiger partial charge in [0.2, 0.25) is 5.91 Å². The first kappa shape index (κ1) is 12.5. The fraction of sp³-hybridized carbons (Fsp3) is 0.909. The Labute approximate surface area is 92.2 Å². The Bertz CT molecular complexity index is 202. The molecule has 1 amide bonds. The molecule has 0 radical (unpaired) electrons.